The zero-order valence-electron chi connectivity index (χ0n) is 8.75. The van der Waals surface area contributed by atoms with E-state index in [1.54, 1.807) is 0 Å². The van der Waals surface area contributed by atoms with Crippen LogP contribution in [0, 0.1) is 0 Å². The lowest BCUT2D eigenvalue weighted by molar-refractivity contribution is 0.117. The quantitative estimate of drug-likeness (QED) is 0.650. The van der Waals surface area contributed by atoms with E-state index in [1.807, 2.05) is 32.8 Å². The molecule has 0 aliphatic heterocycles. The van der Waals surface area contributed by atoms with E-state index in [2.05, 4.69) is 0 Å². The molecule has 0 unspecified atom stereocenters. The molecule has 0 saturated carbocycles. The molecule has 0 aliphatic carbocycles. The Hall–Kier alpha value is -0.120. The number of aliphatic hydroxyl groups is 2. The standard InChI is InChI=1S/C7H17NO2.C2H6/c1-8(2)5-3-7(10)4-6-9;1-2/h7,9-10H,3-6H2,1-2H3;1-2H3/t7-;/m0./s1. The van der Waals surface area contributed by atoms with Gasteiger partial charge in [0.2, 0.25) is 0 Å². The molecular formula is C9H23NO2. The van der Waals surface area contributed by atoms with Gasteiger partial charge in [0.05, 0.1) is 6.10 Å². The van der Waals surface area contributed by atoms with Crippen LogP contribution in [0.4, 0.5) is 0 Å². The second-order valence-corrected chi connectivity index (χ2v) is 2.76. The molecule has 0 radical (unpaired) electrons. The van der Waals surface area contributed by atoms with Crippen molar-refractivity contribution >= 4 is 0 Å². The lowest BCUT2D eigenvalue weighted by Gasteiger charge is -2.12. The topological polar surface area (TPSA) is 43.7 Å². The van der Waals surface area contributed by atoms with Crippen molar-refractivity contribution in [2.45, 2.75) is 32.8 Å². The average molecular weight is 177 g/mol. The molecule has 2 N–H and O–H groups in total. The molecule has 1 atom stereocenters. The van der Waals surface area contributed by atoms with Gasteiger partial charge in [-0.3, -0.25) is 0 Å². The van der Waals surface area contributed by atoms with Crippen LogP contribution in [0.1, 0.15) is 26.7 Å². The monoisotopic (exact) mass is 177 g/mol. The van der Waals surface area contributed by atoms with Crippen LogP contribution >= 0.6 is 0 Å². The summed E-state index contributed by atoms with van der Waals surface area (Å²) in [6, 6.07) is 0. The van der Waals surface area contributed by atoms with Crippen LogP contribution in [0.15, 0.2) is 0 Å². The number of nitrogens with zero attached hydrogens (tertiary/aromatic N) is 1. The fourth-order valence-corrected chi connectivity index (χ4v) is 0.701. The van der Waals surface area contributed by atoms with E-state index >= 15 is 0 Å². The first-order chi connectivity index (χ1) is 5.66. The van der Waals surface area contributed by atoms with Crippen LogP contribution in [0.25, 0.3) is 0 Å². The maximum absolute atomic E-state index is 9.11. The summed E-state index contributed by atoms with van der Waals surface area (Å²) < 4.78 is 0. The van der Waals surface area contributed by atoms with Gasteiger partial charge in [0.25, 0.3) is 0 Å². The van der Waals surface area contributed by atoms with Gasteiger partial charge in [-0.2, -0.15) is 0 Å². The van der Waals surface area contributed by atoms with Crippen LogP contribution in [0.2, 0.25) is 0 Å². The summed E-state index contributed by atoms with van der Waals surface area (Å²) in [6.07, 6.45) is 0.897. The third kappa shape index (κ3) is 12.5. The zero-order valence-corrected chi connectivity index (χ0v) is 8.75. The minimum atomic E-state index is -0.340. The Balaban J connectivity index is 0. The van der Waals surface area contributed by atoms with Crippen molar-refractivity contribution in [1.82, 2.24) is 4.90 Å². The Morgan fingerprint density at radius 3 is 2.00 bits per heavy atom. The molecule has 0 fully saturated rings. The van der Waals surface area contributed by atoms with Crippen LogP contribution in [0.3, 0.4) is 0 Å². The van der Waals surface area contributed by atoms with Gasteiger partial charge in [-0.15, -0.1) is 0 Å². The van der Waals surface area contributed by atoms with E-state index in [1.165, 1.54) is 0 Å². The van der Waals surface area contributed by atoms with Crippen LogP contribution in [-0.4, -0.2) is 48.5 Å². The van der Waals surface area contributed by atoms with Crippen LogP contribution in [-0.2, 0) is 0 Å². The fraction of sp³-hybridized carbons (Fsp3) is 1.00. The third-order valence-corrected chi connectivity index (χ3v) is 1.37. The molecule has 0 aromatic carbocycles. The highest BCUT2D eigenvalue weighted by molar-refractivity contribution is 4.56. The summed E-state index contributed by atoms with van der Waals surface area (Å²) >= 11 is 0. The summed E-state index contributed by atoms with van der Waals surface area (Å²) in [5.41, 5.74) is 0. The number of aliphatic hydroxyl groups excluding tert-OH is 2. The summed E-state index contributed by atoms with van der Waals surface area (Å²) in [5.74, 6) is 0. The Labute approximate surface area is 76.0 Å². The smallest absolute Gasteiger partial charge is 0.0574 e. The van der Waals surface area contributed by atoms with E-state index in [9.17, 15) is 0 Å². The van der Waals surface area contributed by atoms with Gasteiger partial charge < -0.3 is 15.1 Å². The van der Waals surface area contributed by atoms with Gasteiger partial charge in [-0.1, -0.05) is 13.8 Å². The summed E-state index contributed by atoms with van der Waals surface area (Å²) in [5, 5.41) is 17.5. The van der Waals surface area contributed by atoms with Gasteiger partial charge in [-0.05, 0) is 33.5 Å². The van der Waals surface area contributed by atoms with Crippen molar-refractivity contribution in [1.29, 1.82) is 0 Å². The molecule has 76 valence electrons. The van der Waals surface area contributed by atoms with Gasteiger partial charge in [-0.25, -0.2) is 0 Å². The van der Waals surface area contributed by atoms with E-state index in [0.29, 0.717) is 6.42 Å². The highest BCUT2D eigenvalue weighted by Gasteiger charge is 2.02. The Morgan fingerprint density at radius 1 is 1.17 bits per heavy atom. The van der Waals surface area contributed by atoms with Gasteiger partial charge in [0, 0.05) is 6.61 Å². The molecule has 12 heavy (non-hydrogen) atoms. The zero-order chi connectivity index (χ0) is 9.98. The minimum Gasteiger partial charge on any atom is -0.396 e. The fourth-order valence-electron chi connectivity index (χ4n) is 0.701. The average Bonchev–Trinajstić information content (AvgIpc) is 2.05. The third-order valence-electron chi connectivity index (χ3n) is 1.37. The first-order valence-corrected chi connectivity index (χ1v) is 4.60. The van der Waals surface area contributed by atoms with Gasteiger partial charge in [0.1, 0.15) is 0 Å². The molecular weight excluding hydrogens is 154 g/mol. The SMILES string of the molecule is CC.CN(C)CC[C@H](O)CCO. The predicted octanol–water partition coefficient (Wildman–Crippen LogP) is 0.708. The molecule has 0 spiro atoms. The van der Waals surface area contributed by atoms with E-state index in [-0.39, 0.29) is 12.7 Å². The maximum Gasteiger partial charge on any atom is 0.0574 e. The molecule has 3 heteroatoms. The van der Waals surface area contributed by atoms with Crippen molar-refractivity contribution in [3.63, 3.8) is 0 Å². The number of hydrogen-bond acceptors (Lipinski definition) is 3. The van der Waals surface area contributed by atoms with E-state index in [0.717, 1.165) is 13.0 Å². The predicted molar refractivity (Wildman–Crippen MR) is 52.2 cm³/mol. The largest absolute Gasteiger partial charge is 0.396 e. The minimum absolute atomic E-state index is 0.0780. The Bertz CT molecular complexity index is 76.9. The van der Waals surface area contributed by atoms with Crippen molar-refractivity contribution < 1.29 is 10.2 Å². The lowest BCUT2D eigenvalue weighted by atomic mass is 10.2. The van der Waals surface area contributed by atoms with Gasteiger partial charge >= 0.3 is 0 Å². The highest BCUT2D eigenvalue weighted by Crippen LogP contribution is 1.96. The van der Waals surface area contributed by atoms with Gasteiger partial charge in [0.15, 0.2) is 0 Å². The number of rotatable bonds is 5. The second kappa shape index (κ2) is 10.9. The Kier molecular flexibility index (Phi) is 13.1. The van der Waals surface area contributed by atoms with Crippen molar-refractivity contribution in [2.24, 2.45) is 0 Å². The van der Waals surface area contributed by atoms with Crippen molar-refractivity contribution in [3.8, 4) is 0 Å². The molecule has 3 nitrogen and oxygen atoms in total. The normalized spacial score (nSPS) is 12.2. The highest BCUT2D eigenvalue weighted by atomic mass is 16.3. The molecule has 0 aromatic heterocycles. The first-order valence-electron chi connectivity index (χ1n) is 4.60. The molecule has 0 amide bonds. The number of hydrogen-bond donors (Lipinski definition) is 2. The molecule has 0 aromatic rings. The van der Waals surface area contributed by atoms with E-state index in [4.69, 9.17) is 10.2 Å². The maximum atomic E-state index is 9.11. The molecule has 0 aliphatic rings. The van der Waals surface area contributed by atoms with Crippen LogP contribution < -0.4 is 0 Å². The summed E-state index contributed by atoms with van der Waals surface area (Å²) in [7, 11) is 3.93. The van der Waals surface area contributed by atoms with Crippen LogP contribution in [0.5, 0.6) is 0 Å². The van der Waals surface area contributed by atoms with E-state index < -0.39 is 0 Å². The van der Waals surface area contributed by atoms with Crippen molar-refractivity contribution in [3.05, 3.63) is 0 Å². The molecule has 0 heterocycles. The Morgan fingerprint density at radius 2 is 1.67 bits per heavy atom. The molecule has 0 rings (SSSR count). The summed E-state index contributed by atoms with van der Waals surface area (Å²) in [4.78, 5) is 2.01. The second-order valence-electron chi connectivity index (χ2n) is 2.76. The molecule has 0 bridgehead atoms. The first kappa shape index (κ1) is 14.4. The summed E-state index contributed by atoms with van der Waals surface area (Å²) in [6.45, 7) is 4.95. The van der Waals surface area contributed by atoms with Crippen molar-refractivity contribution in [2.75, 3.05) is 27.2 Å². The molecule has 0 saturated heterocycles. The lowest BCUT2D eigenvalue weighted by Crippen LogP contribution is -2.19.